The normalized spacial score (nSPS) is 12.0. The molecule has 0 aliphatic heterocycles. The molecule has 1 N–H and O–H groups in total. The van der Waals surface area contributed by atoms with Crippen molar-refractivity contribution in [3.63, 3.8) is 0 Å². The molecule has 0 atom stereocenters. The van der Waals surface area contributed by atoms with E-state index in [1.807, 2.05) is 11.3 Å². The molecular formula is C50H30N4S. The van der Waals surface area contributed by atoms with Gasteiger partial charge in [0.15, 0.2) is 0 Å². The predicted octanol–water partition coefficient (Wildman–Crippen LogP) is 13.7. The van der Waals surface area contributed by atoms with E-state index >= 15 is 0 Å². The third-order valence-electron chi connectivity index (χ3n) is 11.1. The summed E-state index contributed by atoms with van der Waals surface area (Å²) in [5.74, 6) is 0.661. The molecule has 4 aromatic heterocycles. The molecule has 0 saturated heterocycles. The van der Waals surface area contributed by atoms with Gasteiger partial charge in [-0.05, 0) is 81.4 Å². The first kappa shape index (κ1) is 30.4. The van der Waals surface area contributed by atoms with Gasteiger partial charge in [-0.1, -0.05) is 127 Å². The first-order chi connectivity index (χ1) is 27.2. The monoisotopic (exact) mass is 718 g/mol. The Bertz CT molecular complexity index is 3480. The van der Waals surface area contributed by atoms with Crippen molar-refractivity contribution in [1.82, 2.24) is 19.5 Å². The summed E-state index contributed by atoms with van der Waals surface area (Å²) in [7, 11) is 0. The van der Waals surface area contributed by atoms with Crippen molar-refractivity contribution in [2.24, 2.45) is 0 Å². The highest BCUT2D eigenvalue weighted by molar-refractivity contribution is 7.23. The zero-order valence-corrected chi connectivity index (χ0v) is 30.3. The summed E-state index contributed by atoms with van der Waals surface area (Å²) in [6, 6.07) is 63.1. The van der Waals surface area contributed by atoms with Crippen molar-refractivity contribution in [2.45, 2.75) is 0 Å². The lowest BCUT2D eigenvalue weighted by Crippen LogP contribution is -2.03. The molecule has 0 saturated carbocycles. The van der Waals surface area contributed by atoms with Crippen molar-refractivity contribution in [2.75, 3.05) is 0 Å². The fourth-order valence-electron chi connectivity index (χ4n) is 8.57. The van der Waals surface area contributed by atoms with E-state index < -0.39 is 0 Å². The van der Waals surface area contributed by atoms with Gasteiger partial charge in [0.2, 0.25) is 5.95 Å². The van der Waals surface area contributed by atoms with Crippen LogP contribution in [0.1, 0.15) is 0 Å². The molecule has 0 amide bonds. The van der Waals surface area contributed by atoms with E-state index in [4.69, 9.17) is 9.97 Å². The van der Waals surface area contributed by atoms with E-state index in [0.29, 0.717) is 5.95 Å². The molecule has 0 aliphatic carbocycles. The number of nitrogens with zero attached hydrogens (tertiary/aromatic N) is 3. The van der Waals surface area contributed by atoms with E-state index in [-0.39, 0.29) is 0 Å². The van der Waals surface area contributed by atoms with Crippen LogP contribution in [0.15, 0.2) is 176 Å². The number of fused-ring (bicyclic) bond motifs is 11. The first-order valence-electron chi connectivity index (χ1n) is 18.6. The Labute approximate surface area is 319 Å². The Morgan fingerprint density at radius 1 is 0.436 bits per heavy atom. The van der Waals surface area contributed by atoms with Crippen LogP contribution >= 0.6 is 11.3 Å². The number of aromatic amines is 1. The number of thiophene rings is 1. The summed E-state index contributed by atoms with van der Waals surface area (Å²) >= 11 is 1.81. The Kier molecular flexibility index (Phi) is 6.47. The van der Waals surface area contributed by atoms with Gasteiger partial charge >= 0.3 is 0 Å². The van der Waals surface area contributed by atoms with Crippen molar-refractivity contribution >= 4 is 86.7 Å². The summed E-state index contributed by atoms with van der Waals surface area (Å²) in [5, 5.41) is 9.55. The second kappa shape index (κ2) is 11.7. The fourth-order valence-corrected chi connectivity index (χ4v) is 9.77. The topological polar surface area (TPSA) is 46.5 Å². The van der Waals surface area contributed by atoms with Gasteiger partial charge < -0.3 is 4.98 Å². The van der Waals surface area contributed by atoms with Crippen molar-refractivity contribution in [1.29, 1.82) is 0 Å². The molecule has 0 fully saturated rings. The van der Waals surface area contributed by atoms with E-state index in [1.165, 1.54) is 64.0 Å². The maximum Gasteiger partial charge on any atom is 0.235 e. The van der Waals surface area contributed by atoms with E-state index in [2.05, 4.69) is 185 Å². The average Bonchev–Trinajstić information content (AvgIpc) is 3.95. The van der Waals surface area contributed by atoms with Crippen molar-refractivity contribution in [3.8, 4) is 38.8 Å². The van der Waals surface area contributed by atoms with Gasteiger partial charge in [0.25, 0.3) is 0 Å². The third-order valence-corrected chi connectivity index (χ3v) is 12.4. The Morgan fingerprint density at radius 2 is 1.11 bits per heavy atom. The first-order valence-corrected chi connectivity index (χ1v) is 19.4. The molecule has 12 aromatic rings. The number of aromatic nitrogens is 4. The lowest BCUT2D eigenvalue weighted by atomic mass is 9.99. The minimum absolute atomic E-state index is 0.661. The van der Waals surface area contributed by atoms with Crippen LogP contribution < -0.4 is 0 Å². The number of hydrogen-bond donors (Lipinski definition) is 1. The summed E-state index contributed by atoms with van der Waals surface area (Å²) in [4.78, 5) is 15.7. The molecule has 8 aromatic carbocycles. The van der Waals surface area contributed by atoms with Crippen LogP contribution in [0.5, 0.6) is 0 Å². The minimum atomic E-state index is 0.661. The highest BCUT2D eigenvalue weighted by Crippen LogP contribution is 2.43. The van der Waals surface area contributed by atoms with Gasteiger partial charge in [-0.3, -0.25) is 4.57 Å². The second-order valence-electron chi connectivity index (χ2n) is 14.3. The Hall–Kier alpha value is -7.08. The smallest absolute Gasteiger partial charge is 0.235 e. The molecule has 0 bridgehead atoms. The van der Waals surface area contributed by atoms with Crippen LogP contribution in [0.3, 0.4) is 0 Å². The predicted molar refractivity (Wildman–Crippen MR) is 232 cm³/mol. The molecule has 55 heavy (non-hydrogen) atoms. The van der Waals surface area contributed by atoms with Crippen molar-refractivity contribution < 1.29 is 0 Å². The van der Waals surface area contributed by atoms with Gasteiger partial charge in [-0.15, -0.1) is 11.3 Å². The lowest BCUT2D eigenvalue weighted by molar-refractivity contribution is 1.01. The lowest BCUT2D eigenvalue weighted by Gasteiger charge is -2.13. The Balaban J connectivity index is 1.13. The van der Waals surface area contributed by atoms with Gasteiger partial charge in [-0.2, -0.15) is 0 Å². The number of hydrogen-bond acceptors (Lipinski definition) is 3. The van der Waals surface area contributed by atoms with Crippen LogP contribution in [-0.2, 0) is 0 Å². The van der Waals surface area contributed by atoms with E-state index in [1.54, 1.807) is 0 Å². The molecule has 0 spiro atoms. The highest BCUT2D eigenvalue weighted by Gasteiger charge is 2.21. The number of H-pyrrole nitrogens is 1. The van der Waals surface area contributed by atoms with E-state index in [0.717, 1.165) is 44.2 Å². The summed E-state index contributed by atoms with van der Waals surface area (Å²) in [5.41, 5.74) is 11.0. The van der Waals surface area contributed by atoms with Gasteiger partial charge in [0, 0.05) is 53.1 Å². The standard InChI is InChI=1S/C50H30N4S/c1-3-12-31(13-4-1)45-29-35-20-24-42-47(49(35)55-45)48(32-14-5-2-6-15-32)53-50(52-42)54-43-25-22-34(28-39(43)46-36-16-8-7-11-30(36)21-26-44(46)54)33-19-23-41-38(27-33)37-17-9-10-18-40(37)51-41/h1-29,51H. The van der Waals surface area contributed by atoms with Crippen LogP contribution in [0.2, 0.25) is 0 Å². The molecule has 0 aliphatic rings. The fraction of sp³-hybridized carbons (Fsp3) is 0. The van der Waals surface area contributed by atoms with Gasteiger partial charge in [-0.25, -0.2) is 9.97 Å². The highest BCUT2D eigenvalue weighted by atomic mass is 32.1. The molecule has 4 heterocycles. The number of benzene rings is 8. The second-order valence-corrected chi connectivity index (χ2v) is 15.3. The molecule has 0 unspecified atom stereocenters. The van der Waals surface area contributed by atoms with Crippen LogP contribution in [0, 0.1) is 0 Å². The van der Waals surface area contributed by atoms with E-state index in [9.17, 15) is 0 Å². The SMILES string of the molecule is c1ccc(-c2cc3ccc4nc(-n5c6ccc(-c7ccc8[nH]c9ccccc9c8c7)cc6c6c7ccccc7ccc65)nc(-c5ccccc5)c4c3s2)cc1. The minimum Gasteiger partial charge on any atom is -0.355 e. The average molecular weight is 719 g/mol. The largest absolute Gasteiger partial charge is 0.355 e. The molecule has 0 radical (unpaired) electrons. The zero-order chi connectivity index (χ0) is 36.0. The van der Waals surface area contributed by atoms with Crippen molar-refractivity contribution in [3.05, 3.63) is 176 Å². The molecule has 5 heteroatoms. The third kappa shape index (κ3) is 4.64. The molecule has 12 rings (SSSR count). The van der Waals surface area contributed by atoms with Crippen LogP contribution in [0.4, 0.5) is 0 Å². The molecule has 256 valence electrons. The maximum atomic E-state index is 5.52. The summed E-state index contributed by atoms with van der Waals surface area (Å²) in [6.07, 6.45) is 0. The summed E-state index contributed by atoms with van der Waals surface area (Å²) < 4.78 is 3.47. The number of para-hydroxylation sites is 1. The number of rotatable bonds is 4. The summed E-state index contributed by atoms with van der Waals surface area (Å²) in [6.45, 7) is 0. The number of nitrogens with one attached hydrogen (secondary N) is 1. The van der Waals surface area contributed by atoms with Crippen LogP contribution in [-0.4, -0.2) is 19.5 Å². The van der Waals surface area contributed by atoms with Gasteiger partial charge in [0.1, 0.15) is 0 Å². The zero-order valence-electron chi connectivity index (χ0n) is 29.5. The Morgan fingerprint density at radius 3 is 1.96 bits per heavy atom. The maximum absolute atomic E-state index is 5.52. The van der Waals surface area contributed by atoms with Crippen LogP contribution in [0.25, 0.3) is 114 Å². The molecule has 4 nitrogen and oxygen atoms in total. The van der Waals surface area contributed by atoms with Gasteiger partial charge in [0.05, 0.1) is 22.2 Å². The quantitative estimate of drug-likeness (QED) is 0.197. The molecular weight excluding hydrogens is 689 g/mol.